The fraction of sp³-hybridized carbons (Fsp3) is 0. The molecule has 0 atom stereocenters. The van der Waals surface area contributed by atoms with Gasteiger partial charge in [0, 0.05) is 12.4 Å². The van der Waals surface area contributed by atoms with Gasteiger partial charge in [0.1, 0.15) is 5.69 Å². The predicted molar refractivity (Wildman–Crippen MR) is 69.3 cm³/mol. The summed E-state index contributed by atoms with van der Waals surface area (Å²) in [4.78, 5) is 14.3. The van der Waals surface area contributed by atoms with Gasteiger partial charge in [0.15, 0.2) is 5.22 Å². The van der Waals surface area contributed by atoms with Gasteiger partial charge in [-0.3, -0.25) is 9.52 Å². The van der Waals surface area contributed by atoms with Crippen molar-refractivity contribution in [3.63, 3.8) is 0 Å². The average molecular weight is 354 g/mol. The summed E-state index contributed by atoms with van der Waals surface area (Å²) in [5.74, 6) is 0. The molecule has 0 spiro atoms. The Hall–Kier alpha value is -1.25. The van der Waals surface area contributed by atoms with E-state index in [1.807, 2.05) is 0 Å². The van der Waals surface area contributed by atoms with Crippen molar-refractivity contribution in [3.05, 3.63) is 44.4 Å². The van der Waals surface area contributed by atoms with Crippen molar-refractivity contribution in [2.24, 2.45) is 0 Å². The van der Waals surface area contributed by atoms with E-state index < -0.39 is 15.5 Å². The molecule has 9 heteroatoms. The van der Waals surface area contributed by atoms with Crippen molar-refractivity contribution in [2.75, 3.05) is 4.72 Å². The van der Waals surface area contributed by atoms with Crippen molar-refractivity contribution in [1.82, 2.24) is 4.98 Å². The quantitative estimate of drug-likeness (QED) is 0.884. The van der Waals surface area contributed by atoms with Crippen LogP contribution in [0.5, 0.6) is 0 Å². The summed E-state index contributed by atoms with van der Waals surface area (Å²) < 4.78 is 30.8. The third kappa shape index (κ3) is 2.60. The SMILES string of the molecule is O=c1c(Br)c[nH]cc1NS(=O)(=O)c1ccc(Cl)o1. The summed E-state index contributed by atoms with van der Waals surface area (Å²) in [7, 11) is -3.97. The van der Waals surface area contributed by atoms with E-state index in [4.69, 9.17) is 16.0 Å². The van der Waals surface area contributed by atoms with Crippen molar-refractivity contribution in [3.8, 4) is 0 Å². The molecule has 2 rings (SSSR count). The summed E-state index contributed by atoms with van der Waals surface area (Å²) in [5.41, 5.74) is -0.619. The maximum Gasteiger partial charge on any atom is 0.295 e. The van der Waals surface area contributed by atoms with Crippen LogP contribution in [0.15, 0.2) is 43.3 Å². The third-order valence-corrected chi connectivity index (χ3v) is 3.99. The van der Waals surface area contributed by atoms with Crippen LogP contribution >= 0.6 is 27.5 Å². The van der Waals surface area contributed by atoms with Crippen LogP contribution in [0.4, 0.5) is 5.69 Å². The second-order valence-electron chi connectivity index (χ2n) is 3.21. The molecular formula is C9H6BrClN2O4S. The number of aromatic nitrogens is 1. The average Bonchev–Trinajstić information content (AvgIpc) is 2.72. The van der Waals surface area contributed by atoms with Gasteiger partial charge in [-0.2, -0.15) is 8.42 Å². The molecule has 2 aromatic heterocycles. The maximum absolute atomic E-state index is 11.8. The minimum Gasteiger partial charge on any atom is -0.431 e. The topological polar surface area (TPSA) is 92.2 Å². The van der Waals surface area contributed by atoms with E-state index in [1.165, 1.54) is 24.5 Å². The van der Waals surface area contributed by atoms with Gasteiger partial charge in [0.05, 0.1) is 4.47 Å². The van der Waals surface area contributed by atoms with Crippen molar-refractivity contribution < 1.29 is 12.8 Å². The first-order valence-corrected chi connectivity index (χ1v) is 7.20. The monoisotopic (exact) mass is 352 g/mol. The number of H-pyrrole nitrogens is 1. The van der Waals surface area contributed by atoms with Crippen LogP contribution in [-0.4, -0.2) is 13.4 Å². The highest BCUT2D eigenvalue weighted by molar-refractivity contribution is 9.10. The molecule has 2 N–H and O–H groups in total. The molecule has 0 aliphatic heterocycles. The summed E-state index contributed by atoms with van der Waals surface area (Å²) in [6, 6.07) is 2.48. The van der Waals surface area contributed by atoms with Gasteiger partial charge in [-0.25, -0.2) is 0 Å². The van der Waals surface area contributed by atoms with Crippen LogP contribution in [0.3, 0.4) is 0 Å². The Morgan fingerprint density at radius 1 is 1.33 bits per heavy atom. The Balaban J connectivity index is 2.40. The zero-order valence-electron chi connectivity index (χ0n) is 8.61. The van der Waals surface area contributed by atoms with E-state index in [9.17, 15) is 13.2 Å². The van der Waals surface area contributed by atoms with Gasteiger partial charge in [0.25, 0.3) is 10.0 Å². The van der Waals surface area contributed by atoms with Crippen molar-refractivity contribution in [1.29, 1.82) is 0 Å². The van der Waals surface area contributed by atoms with Crippen molar-refractivity contribution in [2.45, 2.75) is 5.09 Å². The number of rotatable bonds is 3. The predicted octanol–water partition coefficient (Wildman–Crippen LogP) is 2.18. The molecule has 6 nitrogen and oxygen atoms in total. The smallest absolute Gasteiger partial charge is 0.295 e. The number of pyridine rings is 1. The highest BCUT2D eigenvalue weighted by atomic mass is 79.9. The lowest BCUT2D eigenvalue weighted by Crippen LogP contribution is -2.18. The van der Waals surface area contributed by atoms with E-state index in [-0.39, 0.29) is 20.5 Å². The standard InChI is InChI=1S/C9H6BrClN2O4S/c10-5-3-12-4-6(9(5)14)13-18(15,16)8-2-1-7(11)17-8/h1-4,13H,(H,12,14). The van der Waals surface area contributed by atoms with E-state index in [0.717, 1.165) is 0 Å². The molecule has 0 saturated heterocycles. The molecule has 0 unspecified atom stereocenters. The van der Waals surface area contributed by atoms with E-state index in [0.29, 0.717) is 0 Å². The number of sulfonamides is 1. The molecule has 0 amide bonds. The summed E-state index contributed by atoms with van der Waals surface area (Å²) in [6.45, 7) is 0. The number of hydrogen-bond acceptors (Lipinski definition) is 4. The van der Waals surface area contributed by atoms with Crippen LogP contribution in [0.1, 0.15) is 0 Å². The molecule has 18 heavy (non-hydrogen) atoms. The molecule has 0 bridgehead atoms. The van der Waals surface area contributed by atoms with Gasteiger partial charge >= 0.3 is 0 Å². The number of aromatic amines is 1. The van der Waals surface area contributed by atoms with Gasteiger partial charge in [0.2, 0.25) is 10.5 Å². The van der Waals surface area contributed by atoms with E-state index in [2.05, 4.69) is 25.6 Å². The van der Waals surface area contributed by atoms with Gasteiger partial charge in [-0.05, 0) is 39.7 Å². The molecule has 0 radical (unpaired) electrons. The second kappa shape index (κ2) is 4.79. The fourth-order valence-electron chi connectivity index (χ4n) is 1.17. The lowest BCUT2D eigenvalue weighted by molar-refractivity contribution is 0.453. The first-order valence-electron chi connectivity index (χ1n) is 4.55. The molecule has 0 aliphatic rings. The van der Waals surface area contributed by atoms with E-state index >= 15 is 0 Å². The highest BCUT2D eigenvalue weighted by Crippen LogP contribution is 2.20. The number of hydrogen-bond donors (Lipinski definition) is 2. The Morgan fingerprint density at radius 3 is 2.67 bits per heavy atom. The number of nitrogens with one attached hydrogen (secondary N) is 2. The molecule has 0 saturated carbocycles. The Bertz CT molecular complexity index is 737. The maximum atomic E-state index is 11.8. The van der Waals surface area contributed by atoms with Crippen LogP contribution in [0, 0.1) is 0 Å². The summed E-state index contributed by atoms with van der Waals surface area (Å²) in [6.07, 6.45) is 2.62. The van der Waals surface area contributed by atoms with Gasteiger partial charge < -0.3 is 9.40 Å². The molecule has 0 fully saturated rings. The minimum atomic E-state index is -3.97. The van der Waals surface area contributed by atoms with Crippen LogP contribution < -0.4 is 10.2 Å². The van der Waals surface area contributed by atoms with Crippen LogP contribution in [-0.2, 0) is 10.0 Å². The Labute approximate surface area is 115 Å². The normalized spacial score (nSPS) is 11.4. The first-order chi connectivity index (χ1) is 8.40. The largest absolute Gasteiger partial charge is 0.431 e. The van der Waals surface area contributed by atoms with E-state index in [1.54, 1.807) is 0 Å². The molecule has 96 valence electrons. The van der Waals surface area contributed by atoms with Crippen LogP contribution in [0.25, 0.3) is 0 Å². The van der Waals surface area contributed by atoms with Gasteiger partial charge in [-0.15, -0.1) is 0 Å². The second-order valence-corrected chi connectivity index (χ2v) is 6.05. The molecular weight excluding hydrogens is 348 g/mol. The molecule has 0 aliphatic carbocycles. The number of halogens is 2. The number of anilines is 1. The Kier molecular flexibility index (Phi) is 3.51. The highest BCUT2D eigenvalue weighted by Gasteiger charge is 2.20. The number of furan rings is 1. The van der Waals surface area contributed by atoms with Crippen LogP contribution in [0.2, 0.25) is 5.22 Å². The molecule has 0 aromatic carbocycles. The zero-order chi connectivity index (χ0) is 13.3. The summed E-state index contributed by atoms with van der Waals surface area (Å²) >= 11 is 8.48. The fourth-order valence-corrected chi connectivity index (χ4v) is 2.70. The molecule has 2 heterocycles. The van der Waals surface area contributed by atoms with Crippen molar-refractivity contribution >= 4 is 43.2 Å². The first kappa shape index (κ1) is 13.2. The third-order valence-electron chi connectivity index (χ3n) is 1.96. The summed E-state index contributed by atoms with van der Waals surface area (Å²) in [5, 5.41) is -0.426. The Morgan fingerprint density at radius 2 is 2.06 bits per heavy atom. The zero-order valence-corrected chi connectivity index (χ0v) is 11.8. The van der Waals surface area contributed by atoms with Gasteiger partial charge in [-0.1, -0.05) is 0 Å². The molecule has 2 aromatic rings. The lowest BCUT2D eigenvalue weighted by atomic mass is 10.4. The lowest BCUT2D eigenvalue weighted by Gasteiger charge is -2.04. The minimum absolute atomic E-state index is 0.0569.